The molecule has 5 nitrogen and oxygen atoms in total. The van der Waals surface area contributed by atoms with Crippen LogP contribution in [-0.2, 0) is 20.1 Å². The van der Waals surface area contributed by atoms with Gasteiger partial charge >= 0.3 is 0 Å². The second-order valence-corrected chi connectivity index (χ2v) is 4.97. The average Bonchev–Trinajstić information content (AvgIpc) is 2.98. The smallest absolute Gasteiger partial charge is 0.0638 e. The molecule has 0 spiro atoms. The van der Waals surface area contributed by atoms with Gasteiger partial charge < -0.3 is 5.32 Å². The summed E-state index contributed by atoms with van der Waals surface area (Å²) in [7, 11) is 1.98. The number of hydrogen-bond acceptors (Lipinski definition) is 3. The van der Waals surface area contributed by atoms with Crippen molar-refractivity contribution < 1.29 is 0 Å². The molecule has 1 atom stereocenters. The minimum atomic E-state index is 0.310. The molecule has 108 valence electrons. The van der Waals surface area contributed by atoms with Gasteiger partial charge in [-0.1, -0.05) is 13.0 Å². The SMILES string of the molecule is C=CCn1cc(CN[C@@H](CC)c2ccnn2C)c(C)n1. The Labute approximate surface area is 120 Å². The van der Waals surface area contributed by atoms with E-state index in [9.17, 15) is 0 Å². The normalized spacial score (nSPS) is 12.6. The summed E-state index contributed by atoms with van der Waals surface area (Å²) in [4.78, 5) is 0. The fraction of sp³-hybridized carbons (Fsp3) is 0.467. The number of aryl methyl sites for hydroxylation is 2. The van der Waals surface area contributed by atoms with Crippen molar-refractivity contribution in [2.24, 2.45) is 7.05 Å². The Morgan fingerprint density at radius 2 is 2.30 bits per heavy atom. The van der Waals surface area contributed by atoms with Crippen molar-refractivity contribution in [1.29, 1.82) is 0 Å². The lowest BCUT2D eigenvalue weighted by atomic mass is 10.1. The van der Waals surface area contributed by atoms with Gasteiger partial charge in [0, 0.05) is 37.6 Å². The van der Waals surface area contributed by atoms with Crippen molar-refractivity contribution in [3.8, 4) is 0 Å². The third-order valence-corrected chi connectivity index (χ3v) is 3.53. The van der Waals surface area contributed by atoms with Gasteiger partial charge in [-0.25, -0.2) is 0 Å². The van der Waals surface area contributed by atoms with E-state index in [1.165, 1.54) is 11.3 Å². The highest BCUT2D eigenvalue weighted by molar-refractivity contribution is 5.16. The quantitative estimate of drug-likeness (QED) is 0.788. The highest BCUT2D eigenvalue weighted by Gasteiger charge is 2.13. The van der Waals surface area contributed by atoms with E-state index in [1.807, 2.05) is 35.6 Å². The molecule has 0 radical (unpaired) electrons. The van der Waals surface area contributed by atoms with E-state index < -0.39 is 0 Å². The summed E-state index contributed by atoms with van der Waals surface area (Å²) in [6.45, 7) is 9.52. The number of aromatic nitrogens is 4. The Morgan fingerprint density at radius 1 is 1.50 bits per heavy atom. The molecule has 5 heteroatoms. The summed E-state index contributed by atoms with van der Waals surface area (Å²) in [5, 5.41) is 12.3. The molecule has 1 N–H and O–H groups in total. The predicted octanol–water partition coefficient (Wildman–Crippen LogP) is 2.35. The molecule has 20 heavy (non-hydrogen) atoms. The van der Waals surface area contributed by atoms with Gasteiger partial charge in [0.15, 0.2) is 0 Å². The monoisotopic (exact) mass is 273 g/mol. The molecule has 0 aromatic carbocycles. The Morgan fingerprint density at radius 3 is 2.90 bits per heavy atom. The van der Waals surface area contributed by atoms with Crippen LogP contribution in [0.4, 0.5) is 0 Å². The highest BCUT2D eigenvalue weighted by Crippen LogP contribution is 2.16. The number of nitrogens with one attached hydrogen (secondary N) is 1. The van der Waals surface area contributed by atoms with Crippen molar-refractivity contribution >= 4 is 0 Å². The molecule has 0 aliphatic rings. The molecular formula is C15H23N5. The number of allylic oxidation sites excluding steroid dienone is 1. The minimum Gasteiger partial charge on any atom is -0.304 e. The molecule has 2 aromatic heterocycles. The zero-order valence-corrected chi connectivity index (χ0v) is 12.5. The molecule has 0 unspecified atom stereocenters. The van der Waals surface area contributed by atoms with Crippen molar-refractivity contribution in [2.75, 3.05) is 0 Å². The zero-order chi connectivity index (χ0) is 14.5. The van der Waals surface area contributed by atoms with Gasteiger partial charge in [0.2, 0.25) is 0 Å². The van der Waals surface area contributed by atoms with Crippen LogP contribution in [0.25, 0.3) is 0 Å². The second kappa shape index (κ2) is 6.52. The van der Waals surface area contributed by atoms with Crippen LogP contribution >= 0.6 is 0 Å². The van der Waals surface area contributed by atoms with Gasteiger partial charge in [0.1, 0.15) is 0 Å². The number of nitrogens with zero attached hydrogens (tertiary/aromatic N) is 4. The molecule has 2 heterocycles. The van der Waals surface area contributed by atoms with Crippen LogP contribution in [0.15, 0.2) is 31.1 Å². The van der Waals surface area contributed by atoms with Crippen LogP contribution in [-0.4, -0.2) is 19.6 Å². The summed E-state index contributed by atoms with van der Waals surface area (Å²) in [6, 6.07) is 2.37. The molecule has 0 amide bonds. The standard InChI is InChI=1S/C15H23N5/c1-5-9-20-11-13(12(3)18-20)10-16-14(6-2)15-7-8-17-19(15)4/h5,7-8,11,14,16H,1,6,9-10H2,2-4H3/t14-/m0/s1. The summed E-state index contributed by atoms with van der Waals surface area (Å²) in [5.41, 5.74) is 3.51. The van der Waals surface area contributed by atoms with Gasteiger partial charge in [0.05, 0.1) is 17.9 Å². The van der Waals surface area contributed by atoms with E-state index in [0.717, 1.165) is 25.2 Å². The first-order valence-electron chi connectivity index (χ1n) is 7.00. The van der Waals surface area contributed by atoms with Crippen LogP contribution in [0.3, 0.4) is 0 Å². The summed E-state index contributed by atoms with van der Waals surface area (Å²) < 4.78 is 3.85. The van der Waals surface area contributed by atoms with Gasteiger partial charge in [-0.2, -0.15) is 10.2 Å². The molecular weight excluding hydrogens is 250 g/mol. The van der Waals surface area contributed by atoms with Crippen LogP contribution in [0.2, 0.25) is 0 Å². The molecule has 0 bridgehead atoms. The van der Waals surface area contributed by atoms with Gasteiger partial charge in [-0.3, -0.25) is 9.36 Å². The molecule has 0 aliphatic carbocycles. The van der Waals surface area contributed by atoms with Crippen LogP contribution in [0.5, 0.6) is 0 Å². The number of rotatable bonds is 7. The van der Waals surface area contributed by atoms with E-state index in [2.05, 4.69) is 41.3 Å². The first-order valence-corrected chi connectivity index (χ1v) is 7.00. The van der Waals surface area contributed by atoms with Crippen molar-refractivity contribution in [3.05, 3.63) is 48.1 Å². The van der Waals surface area contributed by atoms with E-state index in [-0.39, 0.29) is 0 Å². The summed E-state index contributed by atoms with van der Waals surface area (Å²) in [5.74, 6) is 0. The maximum Gasteiger partial charge on any atom is 0.0638 e. The van der Waals surface area contributed by atoms with E-state index in [4.69, 9.17) is 0 Å². The van der Waals surface area contributed by atoms with Crippen molar-refractivity contribution in [2.45, 2.75) is 39.4 Å². The maximum atomic E-state index is 4.47. The van der Waals surface area contributed by atoms with E-state index in [1.54, 1.807) is 0 Å². The van der Waals surface area contributed by atoms with E-state index in [0.29, 0.717) is 6.04 Å². The Bertz CT molecular complexity index is 567. The largest absolute Gasteiger partial charge is 0.304 e. The topological polar surface area (TPSA) is 47.7 Å². The maximum absolute atomic E-state index is 4.47. The lowest BCUT2D eigenvalue weighted by molar-refractivity contribution is 0.482. The van der Waals surface area contributed by atoms with Crippen LogP contribution in [0, 0.1) is 6.92 Å². The Hall–Kier alpha value is -1.88. The first-order chi connectivity index (χ1) is 9.65. The van der Waals surface area contributed by atoms with Crippen molar-refractivity contribution in [1.82, 2.24) is 24.9 Å². The van der Waals surface area contributed by atoms with Crippen molar-refractivity contribution in [3.63, 3.8) is 0 Å². The molecule has 0 saturated carbocycles. The van der Waals surface area contributed by atoms with Gasteiger partial charge in [-0.05, 0) is 19.4 Å². The van der Waals surface area contributed by atoms with E-state index >= 15 is 0 Å². The molecule has 0 saturated heterocycles. The van der Waals surface area contributed by atoms with Gasteiger partial charge in [0.25, 0.3) is 0 Å². The fourth-order valence-electron chi connectivity index (χ4n) is 2.38. The fourth-order valence-corrected chi connectivity index (χ4v) is 2.38. The van der Waals surface area contributed by atoms with Crippen LogP contribution in [0.1, 0.15) is 36.3 Å². The van der Waals surface area contributed by atoms with Crippen LogP contribution < -0.4 is 5.32 Å². The molecule has 0 aliphatic heterocycles. The number of hydrogen-bond donors (Lipinski definition) is 1. The second-order valence-electron chi connectivity index (χ2n) is 4.97. The molecule has 2 rings (SSSR count). The lowest BCUT2D eigenvalue weighted by Crippen LogP contribution is -2.22. The predicted molar refractivity (Wildman–Crippen MR) is 80.2 cm³/mol. The third kappa shape index (κ3) is 3.17. The van der Waals surface area contributed by atoms with Gasteiger partial charge in [-0.15, -0.1) is 6.58 Å². The highest BCUT2D eigenvalue weighted by atomic mass is 15.3. The first kappa shape index (κ1) is 14.5. The average molecular weight is 273 g/mol. The molecule has 2 aromatic rings. The molecule has 0 fully saturated rings. The third-order valence-electron chi connectivity index (χ3n) is 3.53. The summed E-state index contributed by atoms with van der Waals surface area (Å²) in [6.07, 6.45) is 6.81. The zero-order valence-electron chi connectivity index (χ0n) is 12.5. The lowest BCUT2D eigenvalue weighted by Gasteiger charge is -2.17. The Kier molecular flexibility index (Phi) is 4.74. The Balaban J connectivity index is 2.03. The summed E-state index contributed by atoms with van der Waals surface area (Å²) >= 11 is 0. The minimum absolute atomic E-state index is 0.310.